The maximum atomic E-state index is 9.14. The van der Waals surface area contributed by atoms with E-state index in [1.807, 2.05) is 22.9 Å². The summed E-state index contributed by atoms with van der Waals surface area (Å²) >= 11 is 0. The van der Waals surface area contributed by atoms with Gasteiger partial charge < -0.3 is 10.4 Å². The molecule has 3 rings (SSSR count). The number of aliphatic hydroxyl groups excluding tert-OH is 1. The Balaban J connectivity index is 2.04. The van der Waals surface area contributed by atoms with E-state index in [0.717, 1.165) is 12.4 Å². The van der Waals surface area contributed by atoms with Gasteiger partial charge in [0.05, 0.1) is 6.04 Å². The van der Waals surface area contributed by atoms with Gasteiger partial charge in [-0.1, -0.05) is 30.3 Å². The second-order valence-electron chi connectivity index (χ2n) is 4.66. The van der Waals surface area contributed by atoms with Crippen molar-refractivity contribution in [2.45, 2.75) is 32.0 Å². The van der Waals surface area contributed by atoms with Crippen molar-refractivity contribution in [1.82, 2.24) is 14.8 Å². The van der Waals surface area contributed by atoms with Gasteiger partial charge in [0.1, 0.15) is 6.61 Å². The van der Waals surface area contributed by atoms with E-state index in [9.17, 15) is 0 Å². The molecule has 0 bridgehead atoms. The van der Waals surface area contributed by atoms with Crippen LogP contribution in [0.2, 0.25) is 0 Å². The fourth-order valence-corrected chi connectivity index (χ4v) is 2.42. The highest BCUT2D eigenvalue weighted by Crippen LogP contribution is 2.30. The number of aliphatic hydroxyl groups is 1. The summed E-state index contributed by atoms with van der Waals surface area (Å²) in [4.78, 5) is 4.29. The summed E-state index contributed by atoms with van der Waals surface area (Å²) in [5.74, 6) is 1.21. The summed E-state index contributed by atoms with van der Waals surface area (Å²) in [6, 6.07) is 10.8. The van der Waals surface area contributed by atoms with Crippen LogP contribution in [0.4, 0.5) is 5.95 Å². The number of hydrogen-bond acceptors (Lipinski definition) is 4. The van der Waals surface area contributed by atoms with Crippen LogP contribution in [0.25, 0.3) is 0 Å². The maximum absolute atomic E-state index is 9.14. The number of rotatable bonds is 2. The lowest BCUT2D eigenvalue weighted by Gasteiger charge is -2.29. The smallest absolute Gasteiger partial charge is 0.222 e. The zero-order valence-corrected chi connectivity index (χ0v) is 10.2. The molecule has 0 amide bonds. The molecule has 1 aliphatic heterocycles. The molecule has 2 aromatic rings. The van der Waals surface area contributed by atoms with E-state index in [0.29, 0.717) is 11.9 Å². The molecule has 1 aromatic heterocycles. The predicted molar refractivity (Wildman–Crippen MR) is 68.2 cm³/mol. The van der Waals surface area contributed by atoms with Crippen LogP contribution in [0, 0.1) is 0 Å². The fraction of sp³-hybridized carbons (Fsp3) is 0.385. The Morgan fingerprint density at radius 3 is 2.89 bits per heavy atom. The number of nitrogens with one attached hydrogen (secondary N) is 1. The average molecular weight is 244 g/mol. The molecule has 5 heteroatoms. The van der Waals surface area contributed by atoms with Gasteiger partial charge in [0.25, 0.3) is 0 Å². The zero-order chi connectivity index (χ0) is 12.5. The minimum atomic E-state index is -0.127. The third kappa shape index (κ3) is 1.86. The van der Waals surface area contributed by atoms with Crippen LogP contribution in [0.1, 0.15) is 30.8 Å². The normalized spacial score (nSPS) is 22.3. The summed E-state index contributed by atoms with van der Waals surface area (Å²) in [6.45, 7) is 2.00. The molecule has 0 radical (unpaired) electrons. The first-order valence-corrected chi connectivity index (χ1v) is 6.15. The fourth-order valence-electron chi connectivity index (χ4n) is 2.42. The van der Waals surface area contributed by atoms with Gasteiger partial charge in [-0.2, -0.15) is 10.1 Å². The molecule has 2 atom stereocenters. The molecule has 94 valence electrons. The SMILES string of the molecule is C[C@H]1C[C@@H](c2ccccc2)n2nc(CO)nc2N1. The molecule has 5 nitrogen and oxygen atoms in total. The van der Waals surface area contributed by atoms with Crippen LogP contribution in [0.15, 0.2) is 30.3 Å². The molecule has 1 aromatic carbocycles. The van der Waals surface area contributed by atoms with Crippen molar-refractivity contribution in [3.8, 4) is 0 Å². The molecule has 0 saturated heterocycles. The Hall–Kier alpha value is -1.88. The molecule has 0 unspecified atom stereocenters. The first-order valence-electron chi connectivity index (χ1n) is 6.15. The summed E-state index contributed by atoms with van der Waals surface area (Å²) < 4.78 is 1.88. The standard InChI is InChI=1S/C13H16N4O/c1-9-7-11(10-5-3-2-4-6-10)17-13(14-9)15-12(8-18)16-17/h2-6,9,11,18H,7-8H2,1H3,(H,14,15,16)/t9-,11-/m0/s1. The zero-order valence-electron chi connectivity index (χ0n) is 10.2. The van der Waals surface area contributed by atoms with Gasteiger partial charge in [-0.25, -0.2) is 4.68 Å². The van der Waals surface area contributed by atoms with E-state index in [4.69, 9.17) is 5.11 Å². The number of aromatic nitrogens is 3. The molecule has 1 aliphatic rings. The third-order valence-corrected chi connectivity index (χ3v) is 3.25. The number of anilines is 1. The lowest BCUT2D eigenvalue weighted by molar-refractivity contribution is 0.270. The highest BCUT2D eigenvalue weighted by atomic mass is 16.3. The van der Waals surface area contributed by atoms with E-state index >= 15 is 0 Å². The molecule has 0 saturated carbocycles. The number of fused-ring (bicyclic) bond motifs is 1. The molecular weight excluding hydrogens is 228 g/mol. The van der Waals surface area contributed by atoms with E-state index in [1.165, 1.54) is 5.56 Å². The van der Waals surface area contributed by atoms with Crippen molar-refractivity contribution in [2.24, 2.45) is 0 Å². The lowest BCUT2D eigenvalue weighted by Crippen LogP contribution is -2.31. The first-order chi connectivity index (χ1) is 8.78. The molecule has 2 heterocycles. The summed E-state index contributed by atoms with van der Waals surface area (Å²) in [5.41, 5.74) is 1.22. The van der Waals surface area contributed by atoms with Crippen molar-refractivity contribution in [3.05, 3.63) is 41.7 Å². The van der Waals surface area contributed by atoms with Gasteiger partial charge in [-0.3, -0.25) is 0 Å². The molecule has 2 N–H and O–H groups in total. The van der Waals surface area contributed by atoms with Gasteiger partial charge in [-0.15, -0.1) is 0 Å². The molecular formula is C13H16N4O. The quantitative estimate of drug-likeness (QED) is 0.841. The largest absolute Gasteiger partial charge is 0.388 e. The molecule has 0 spiro atoms. The van der Waals surface area contributed by atoms with Crippen LogP contribution in [-0.2, 0) is 6.61 Å². The highest BCUT2D eigenvalue weighted by Gasteiger charge is 2.27. The van der Waals surface area contributed by atoms with Gasteiger partial charge in [0.15, 0.2) is 5.82 Å². The predicted octanol–water partition coefficient (Wildman–Crippen LogP) is 1.56. The Bertz CT molecular complexity index is 537. The second kappa shape index (κ2) is 4.42. The minimum absolute atomic E-state index is 0.127. The average Bonchev–Trinajstić information content (AvgIpc) is 2.81. The summed E-state index contributed by atoms with van der Waals surface area (Å²) in [6.07, 6.45) is 0.964. The van der Waals surface area contributed by atoms with Crippen LogP contribution in [-0.4, -0.2) is 25.9 Å². The molecule has 18 heavy (non-hydrogen) atoms. The van der Waals surface area contributed by atoms with Crippen LogP contribution in [0.5, 0.6) is 0 Å². The van der Waals surface area contributed by atoms with E-state index in [-0.39, 0.29) is 12.6 Å². The van der Waals surface area contributed by atoms with Crippen LogP contribution in [0.3, 0.4) is 0 Å². The van der Waals surface area contributed by atoms with E-state index in [2.05, 4.69) is 34.5 Å². The van der Waals surface area contributed by atoms with Crippen molar-refractivity contribution in [1.29, 1.82) is 0 Å². The van der Waals surface area contributed by atoms with Crippen LogP contribution >= 0.6 is 0 Å². The Morgan fingerprint density at radius 1 is 1.39 bits per heavy atom. The lowest BCUT2D eigenvalue weighted by atomic mass is 9.99. The number of benzene rings is 1. The Kier molecular flexibility index (Phi) is 2.76. The topological polar surface area (TPSA) is 63.0 Å². The van der Waals surface area contributed by atoms with Crippen molar-refractivity contribution < 1.29 is 5.11 Å². The monoisotopic (exact) mass is 244 g/mol. The molecule has 0 aliphatic carbocycles. The van der Waals surface area contributed by atoms with Gasteiger partial charge in [0, 0.05) is 6.04 Å². The highest BCUT2D eigenvalue weighted by molar-refractivity contribution is 5.34. The van der Waals surface area contributed by atoms with Crippen molar-refractivity contribution in [3.63, 3.8) is 0 Å². The summed E-state index contributed by atoms with van der Waals surface area (Å²) in [5, 5.41) is 16.8. The van der Waals surface area contributed by atoms with E-state index in [1.54, 1.807) is 0 Å². The van der Waals surface area contributed by atoms with Crippen molar-refractivity contribution in [2.75, 3.05) is 5.32 Å². The Labute approximate surface area is 105 Å². The maximum Gasteiger partial charge on any atom is 0.222 e. The minimum Gasteiger partial charge on any atom is -0.388 e. The number of hydrogen-bond donors (Lipinski definition) is 2. The Morgan fingerprint density at radius 2 is 2.17 bits per heavy atom. The number of nitrogens with zero attached hydrogens (tertiary/aromatic N) is 3. The van der Waals surface area contributed by atoms with Crippen LogP contribution < -0.4 is 5.32 Å². The third-order valence-electron chi connectivity index (χ3n) is 3.25. The molecule has 0 fully saturated rings. The van der Waals surface area contributed by atoms with E-state index < -0.39 is 0 Å². The van der Waals surface area contributed by atoms with Crippen molar-refractivity contribution >= 4 is 5.95 Å². The second-order valence-corrected chi connectivity index (χ2v) is 4.66. The van der Waals surface area contributed by atoms with Gasteiger partial charge >= 0.3 is 0 Å². The van der Waals surface area contributed by atoms with Gasteiger partial charge in [-0.05, 0) is 18.9 Å². The van der Waals surface area contributed by atoms with Gasteiger partial charge in [0.2, 0.25) is 5.95 Å². The summed E-state index contributed by atoms with van der Waals surface area (Å²) in [7, 11) is 0. The first kappa shape index (κ1) is 11.2.